The van der Waals surface area contributed by atoms with E-state index < -0.39 is 0 Å². The molecule has 25 nitrogen and oxygen atoms in total. The van der Waals surface area contributed by atoms with Crippen molar-refractivity contribution in [1.82, 2.24) is 73.9 Å². The molecule has 0 aromatic rings. The molecular formula is C58H121N25. The van der Waals surface area contributed by atoms with Gasteiger partial charge in [0.1, 0.15) is 30.8 Å². The van der Waals surface area contributed by atoms with Crippen LogP contribution in [0.5, 0.6) is 0 Å². The molecule has 5 rings (SSSR count). The van der Waals surface area contributed by atoms with Gasteiger partial charge >= 0.3 is 0 Å². The maximum atomic E-state index is 4.63. The summed E-state index contributed by atoms with van der Waals surface area (Å²) in [4.78, 5) is 74.5. The molecule has 25 heteroatoms. The van der Waals surface area contributed by atoms with Gasteiger partial charge in [-0.15, -0.1) is 0 Å². The Balaban J connectivity index is 0.000000519. The minimum absolute atomic E-state index is 0.00206. The third-order valence-electron chi connectivity index (χ3n) is 13.4. The summed E-state index contributed by atoms with van der Waals surface area (Å²) in [6, 6.07) is 0. The van der Waals surface area contributed by atoms with Gasteiger partial charge in [0.05, 0.1) is 0 Å². The van der Waals surface area contributed by atoms with Gasteiger partial charge in [-0.25, -0.2) is 44.9 Å². The van der Waals surface area contributed by atoms with Crippen molar-refractivity contribution in [3.8, 4) is 0 Å². The Morgan fingerprint density at radius 2 is 0.627 bits per heavy atom. The molecule has 5 heterocycles. The van der Waals surface area contributed by atoms with Crippen LogP contribution in [0.25, 0.3) is 0 Å². The third kappa shape index (κ3) is 24.4. The standard InChI is InChI=1S/C13H27N5.2C12H25N5.C11H23N5.C10H21N5/c1-7-8-9-10-17(5)13-15-11(2)14-12(16(3)4)18(13)6;1-7-8-9-16(5)12-14-10(2)13-11(15(3)4)17(12)6;1-6-7-8-9-13-11-14-10(2)15-12(16(3)4)17(11)5;1-7-8-15(5)11-13-9(2)12-10(14(3)4)16(11)6;1-7-14(5)10-12-8(2)11-9(13(3)4)15(10)6/h11H,7-10H2,1-6H3;10H,7-9H2,1-6H3;10H,6-9H2,1-5H3,(H,13,14);9H,7-8H2,1-6H3;8H,7H2,1-6H3. The predicted octanol–water partition coefficient (Wildman–Crippen LogP) is 5.68. The van der Waals surface area contributed by atoms with Crippen molar-refractivity contribution >= 4 is 59.6 Å². The molecule has 5 atom stereocenters. The number of hydrogen-bond acceptors (Lipinski definition) is 23. The van der Waals surface area contributed by atoms with E-state index in [0.717, 1.165) is 105 Å². The molecule has 5 aliphatic heterocycles. The Kier molecular flexibility index (Phi) is 34.0. The lowest BCUT2D eigenvalue weighted by Crippen LogP contribution is -2.54. The van der Waals surface area contributed by atoms with Gasteiger partial charge in [0, 0.05) is 167 Å². The van der Waals surface area contributed by atoms with Crippen LogP contribution in [-0.2, 0) is 0 Å². The first-order chi connectivity index (χ1) is 38.9. The molecule has 0 saturated heterocycles. The minimum Gasteiger partial charge on any atom is -0.349 e. The first kappa shape index (κ1) is 74.7. The van der Waals surface area contributed by atoms with E-state index in [4.69, 9.17) is 0 Å². The Morgan fingerprint density at radius 1 is 0.337 bits per heavy atom. The third-order valence-corrected chi connectivity index (χ3v) is 13.4. The van der Waals surface area contributed by atoms with Crippen molar-refractivity contribution in [2.45, 2.75) is 158 Å². The van der Waals surface area contributed by atoms with Crippen LogP contribution >= 0.6 is 0 Å². The van der Waals surface area contributed by atoms with E-state index in [-0.39, 0.29) is 30.8 Å². The van der Waals surface area contributed by atoms with Crippen molar-refractivity contribution < 1.29 is 0 Å². The quantitative estimate of drug-likeness (QED) is 0.210. The molecule has 0 spiro atoms. The maximum absolute atomic E-state index is 4.63. The molecule has 0 aliphatic carbocycles. The SMILES string of the molecule is CCCCCN(C)C1=NC(C)N=C(N(C)C)N1C.CCCCCN=C1NC(C)N=C(N(C)C)N1C.CCCCN(C)C1=NC(C)N=C(N(C)C)N1C.CCCN(C)C1=NC(C)N=C(N(C)C)N1C.CCN(C)C1=NC(C)N=C(N(C)C)N1C. The van der Waals surface area contributed by atoms with E-state index in [9.17, 15) is 0 Å². The van der Waals surface area contributed by atoms with Crippen molar-refractivity contribution in [3.05, 3.63) is 0 Å². The Bertz CT molecular complexity index is 2210. The normalized spacial score (nSPS) is 20.6. The van der Waals surface area contributed by atoms with Gasteiger partial charge in [-0.1, -0.05) is 59.8 Å². The van der Waals surface area contributed by atoms with Crippen LogP contribution < -0.4 is 5.32 Å². The van der Waals surface area contributed by atoms with E-state index in [1.165, 1.54) is 44.9 Å². The fraction of sp³-hybridized carbons (Fsp3) is 0.828. The number of nitrogens with one attached hydrogen (secondary N) is 1. The molecule has 0 amide bonds. The van der Waals surface area contributed by atoms with Crippen molar-refractivity contribution in [2.24, 2.45) is 49.9 Å². The summed E-state index contributed by atoms with van der Waals surface area (Å²) >= 11 is 0. The number of guanidine groups is 10. The Hall–Kier alpha value is -6.30. The number of rotatable bonds is 14. The lowest BCUT2D eigenvalue weighted by atomic mass is 10.2. The number of unbranched alkanes of at least 4 members (excludes halogenated alkanes) is 5. The molecule has 1 N–H and O–H groups in total. The van der Waals surface area contributed by atoms with Gasteiger partial charge in [-0.05, 0) is 67.2 Å². The second kappa shape index (κ2) is 37.8. The highest BCUT2D eigenvalue weighted by Crippen LogP contribution is 2.15. The average molecular weight is 1170 g/mol. The molecule has 0 radical (unpaired) electrons. The van der Waals surface area contributed by atoms with Crippen LogP contribution in [0, 0.1) is 0 Å². The predicted molar refractivity (Wildman–Crippen MR) is 357 cm³/mol. The molecule has 83 heavy (non-hydrogen) atoms. The second-order valence-corrected chi connectivity index (χ2v) is 22.7. The number of nitrogens with zero attached hydrogens (tertiary/aromatic N) is 24. The van der Waals surface area contributed by atoms with Gasteiger partial charge in [-0.3, -0.25) is 29.5 Å². The topological polar surface area (TPSA) is 181 Å². The first-order valence-corrected chi connectivity index (χ1v) is 30.3. The Morgan fingerprint density at radius 3 is 0.940 bits per heavy atom. The molecule has 0 aromatic heterocycles. The summed E-state index contributed by atoms with van der Waals surface area (Å²) in [5.74, 6) is 9.70. The van der Waals surface area contributed by atoms with Crippen molar-refractivity contribution in [2.75, 3.05) is 167 Å². The fourth-order valence-corrected chi connectivity index (χ4v) is 9.14. The molecule has 0 saturated carbocycles. The molecule has 478 valence electrons. The van der Waals surface area contributed by atoms with E-state index in [1.807, 2.05) is 187 Å². The minimum atomic E-state index is 0.00206. The van der Waals surface area contributed by atoms with Crippen LogP contribution in [0.4, 0.5) is 0 Å². The summed E-state index contributed by atoms with van der Waals surface area (Å²) in [7, 11) is 38.4. The monoisotopic (exact) mass is 1170 g/mol. The van der Waals surface area contributed by atoms with Gasteiger partial charge in [0.15, 0.2) is 0 Å². The number of hydrogen-bond donors (Lipinski definition) is 1. The van der Waals surface area contributed by atoms with Crippen LogP contribution in [0.2, 0.25) is 0 Å². The van der Waals surface area contributed by atoms with E-state index >= 15 is 0 Å². The fourth-order valence-electron chi connectivity index (χ4n) is 9.14. The zero-order valence-electron chi connectivity index (χ0n) is 58.0. The lowest BCUT2D eigenvalue weighted by molar-refractivity contribution is 0.399. The van der Waals surface area contributed by atoms with Crippen molar-refractivity contribution in [1.29, 1.82) is 0 Å². The summed E-state index contributed by atoms with van der Waals surface area (Å²) in [5, 5.41) is 3.29. The highest BCUT2D eigenvalue weighted by Gasteiger charge is 2.28. The smallest absolute Gasteiger partial charge is 0.205 e. The molecule has 0 fully saturated rings. The molecule has 5 aliphatic rings. The van der Waals surface area contributed by atoms with Crippen LogP contribution in [-0.4, -0.2) is 326 Å². The summed E-state index contributed by atoms with van der Waals surface area (Å²) in [5.41, 5.74) is 0. The molecule has 5 unspecified atom stereocenters. The summed E-state index contributed by atoms with van der Waals surface area (Å²) in [6.07, 6.45) is 11.0. The highest BCUT2D eigenvalue weighted by molar-refractivity contribution is 6.02. The number of aliphatic imine (C=N–C) groups is 10. The summed E-state index contributed by atoms with van der Waals surface area (Å²) in [6.45, 7) is 25.9. The van der Waals surface area contributed by atoms with Gasteiger partial charge in [0.25, 0.3) is 0 Å². The van der Waals surface area contributed by atoms with Crippen LogP contribution in [0.1, 0.15) is 127 Å². The lowest BCUT2D eigenvalue weighted by Gasteiger charge is -2.35. The average Bonchev–Trinajstić information content (AvgIpc) is 3.56. The maximum Gasteiger partial charge on any atom is 0.205 e. The first-order valence-electron chi connectivity index (χ1n) is 30.3. The largest absolute Gasteiger partial charge is 0.349 e. The highest BCUT2D eigenvalue weighted by atomic mass is 15.5. The van der Waals surface area contributed by atoms with Crippen molar-refractivity contribution in [3.63, 3.8) is 0 Å². The van der Waals surface area contributed by atoms with Gasteiger partial charge in [0.2, 0.25) is 59.6 Å². The molecule has 0 aromatic carbocycles. The van der Waals surface area contributed by atoms with E-state index in [1.54, 1.807) is 0 Å². The zero-order valence-corrected chi connectivity index (χ0v) is 58.0. The van der Waals surface area contributed by atoms with E-state index in [2.05, 4.69) is 140 Å². The van der Waals surface area contributed by atoms with Gasteiger partial charge in [-0.2, -0.15) is 0 Å². The van der Waals surface area contributed by atoms with Crippen LogP contribution in [0.15, 0.2) is 49.9 Å². The van der Waals surface area contributed by atoms with E-state index in [0.29, 0.717) is 0 Å². The Labute approximate surface area is 506 Å². The second-order valence-electron chi connectivity index (χ2n) is 22.7. The summed E-state index contributed by atoms with van der Waals surface area (Å²) < 4.78 is 0. The molecular weight excluding hydrogens is 1050 g/mol. The zero-order chi connectivity index (χ0) is 63.4. The van der Waals surface area contributed by atoms with Gasteiger partial charge < -0.3 is 49.4 Å². The van der Waals surface area contributed by atoms with Crippen LogP contribution in [0.3, 0.4) is 0 Å². The molecule has 0 bridgehead atoms.